The van der Waals surface area contributed by atoms with Crippen LogP contribution in [-0.2, 0) is 15.0 Å². The first-order valence-electron chi connectivity index (χ1n) is 5.54. The first kappa shape index (κ1) is 11.6. The van der Waals surface area contributed by atoms with Crippen LogP contribution in [0.15, 0.2) is 24.3 Å². The molecule has 1 aliphatic rings. The van der Waals surface area contributed by atoms with Crippen molar-refractivity contribution < 1.29 is 9.59 Å². The van der Waals surface area contributed by atoms with Crippen LogP contribution in [0.4, 0.5) is 5.69 Å². The second-order valence-corrected chi connectivity index (χ2v) is 4.95. The van der Waals surface area contributed by atoms with E-state index in [0.717, 1.165) is 17.7 Å². The zero-order valence-electron chi connectivity index (χ0n) is 10.2. The van der Waals surface area contributed by atoms with Crippen LogP contribution in [-0.4, -0.2) is 18.5 Å². The summed E-state index contributed by atoms with van der Waals surface area (Å²) in [7, 11) is 0. The van der Waals surface area contributed by atoms with Crippen LogP contribution in [0.3, 0.4) is 0 Å². The number of hydrogen-bond acceptors (Lipinski definition) is 2. The van der Waals surface area contributed by atoms with E-state index in [1.807, 2.05) is 45.0 Å². The molecule has 90 valence electrons. The maximum atomic E-state index is 11.3. The molecule has 1 aromatic carbocycles. The number of nitrogens with zero attached hydrogens (tertiary/aromatic N) is 1. The number of carbonyl (C=O) groups excluding carboxylic acids is 2. The minimum atomic E-state index is -0.736. The largest absolute Gasteiger partial charge is 0.335 e. The van der Waals surface area contributed by atoms with Crippen LogP contribution >= 0.6 is 0 Å². The molecular formula is C13H16N2O2. The van der Waals surface area contributed by atoms with Gasteiger partial charge in [-0.25, -0.2) is 0 Å². The third kappa shape index (κ3) is 1.30. The van der Waals surface area contributed by atoms with Crippen molar-refractivity contribution in [1.82, 2.24) is 5.32 Å². The van der Waals surface area contributed by atoms with Crippen LogP contribution in [0.2, 0.25) is 0 Å². The summed E-state index contributed by atoms with van der Waals surface area (Å²) in [4.78, 5) is 23.7. The highest BCUT2D eigenvalue weighted by atomic mass is 16.1. The molecule has 1 heterocycles. The molecule has 0 aromatic heterocycles. The van der Waals surface area contributed by atoms with Crippen LogP contribution in [0, 0.1) is 0 Å². The lowest BCUT2D eigenvalue weighted by Crippen LogP contribution is -2.62. The van der Waals surface area contributed by atoms with Gasteiger partial charge in [0.05, 0.1) is 0 Å². The van der Waals surface area contributed by atoms with E-state index in [4.69, 9.17) is 0 Å². The van der Waals surface area contributed by atoms with Gasteiger partial charge in [-0.15, -0.1) is 0 Å². The summed E-state index contributed by atoms with van der Waals surface area (Å²) in [6.45, 7) is 5.90. The second-order valence-electron chi connectivity index (χ2n) is 4.95. The first-order valence-corrected chi connectivity index (χ1v) is 5.54. The van der Waals surface area contributed by atoms with E-state index in [-0.39, 0.29) is 5.41 Å². The van der Waals surface area contributed by atoms with Gasteiger partial charge in [0.25, 0.3) is 0 Å². The quantitative estimate of drug-likeness (QED) is 0.801. The van der Waals surface area contributed by atoms with Gasteiger partial charge in [-0.1, -0.05) is 32.0 Å². The Labute approximate surface area is 101 Å². The average molecular weight is 232 g/mol. The lowest BCUT2D eigenvalue weighted by Gasteiger charge is -2.42. The molecule has 17 heavy (non-hydrogen) atoms. The molecule has 0 saturated heterocycles. The molecule has 0 bridgehead atoms. The number of rotatable bonds is 3. The molecule has 2 rings (SSSR count). The smallest absolute Gasteiger partial charge is 0.216 e. The number of anilines is 1. The number of amides is 2. The maximum Gasteiger partial charge on any atom is 0.216 e. The predicted octanol–water partition coefficient (Wildman–Crippen LogP) is 1.40. The molecule has 2 amide bonds. The Morgan fingerprint density at radius 2 is 1.82 bits per heavy atom. The summed E-state index contributed by atoms with van der Waals surface area (Å²) in [6.07, 6.45) is 1.41. The van der Waals surface area contributed by atoms with E-state index >= 15 is 0 Å². The van der Waals surface area contributed by atoms with Gasteiger partial charge in [0.15, 0.2) is 0 Å². The third-order valence-corrected chi connectivity index (χ3v) is 3.98. The normalized spacial score (nSPS) is 25.2. The van der Waals surface area contributed by atoms with Crippen molar-refractivity contribution in [2.45, 2.75) is 31.8 Å². The first-order chi connectivity index (χ1) is 7.99. The number of nitrogens with one attached hydrogen (secondary N) is 1. The molecule has 1 aliphatic heterocycles. The predicted molar refractivity (Wildman–Crippen MR) is 65.6 cm³/mol. The van der Waals surface area contributed by atoms with Crippen molar-refractivity contribution in [3.63, 3.8) is 0 Å². The van der Waals surface area contributed by atoms with Gasteiger partial charge in [-0.3, -0.25) is 14.5 Å². The third-order valence-electron chi connectivity index (χ3n) is 3.98. The summed E-state index contributed by atoms with van der Waals surface area (Å²) in [6, 6.07) is 7.71. The SMILES string of the molecule is CC1(C)c2ccccc2N(C=O)C1(C)NC=O. The van der Waals surface area contributed by atoms with Crippen LogP contribution < -0.4 is 10.2 Å². The van der Waals surface area contributed by atoms with Gasteiger partial charge in [0.2, 0.25) is 12.8 Å². The fraction of sp³-hybridized carbons (Fsp3) is 0.385. The number of para-hydroxylation sites is 1. The average Bonchev–Trinajstić information content (AvgIpc) is 2.46. The molecular weight excluding hydrogens is 216 g/mol. The number of benzene rings is 1. The van der Waals surface area contributed by atoms with Crippen molar-refractivity contribution in [2.24, 2.45) is 0 Å². The Morgan fingerprint density at radius 3 is 2.41 bits per heavy atom. The van der Waals surface area contributed by atoms with Gasteiger partial charge < -0.3 is 5.32 Å². The Kier molecular flexibility index (Phi) is 2.45. The fourth-order valence-electron chi connectivity index (χ4n) is 2.54. The highest BCUT2D eigenvalue weighted by Gasteiger charge is 2.53. The van der Waals surface area contributed by atoms with E-state index in [0.29, 0.717) is 6.41 Å². The zero-order chi connectivity index (χ0) is 12.7. The van der Waals surface area contributed by atoms with Crippen LogP contribution in [0.25, 0.3) is 0 Å². The van der Waals surface area contributed by atoms with E-state index < -0.39 is 5.66 Å². The van der Waals surface area contributed by atoms with Gasteiger partial charge in [-0.05, 0) is 18.6 Å². The molecule has 1 aromatic rings. The molecule has 0 fully saturated rings. The molecule has 0 spiro atoms. The molecule has 0 radical (unpaired) electrons. The number of fused-ring (bicyclic) bond motifs is 1. The minimum absolute atomic E-state index is 0.342. The maximum absolute atomic E-state index is 11.3. The number of hydrogen-bond donors (Lipinski definition) is 1. The van der Waals surface area contributed by atoms with Gasteiger partial charge in [0.1, 0.15) is 5.66 Å². The summed E-state index contributed by atoms with van der Waals surface area (Å²) < 4.78 is 0. The van der Waals surface area contributed by atoms with Gasteiger partial charge in [0, 0.05) is 11.1 Å². The van der Waals surface area contributed by atoms with E-state index in [9.17, 15) is 9.59 Å². The zero-order valence-corrected chi connectivity index (χ0v) is 10.2. The fourth-order valence-corrected chi connectivity index (χ4v) is 2.54. The molecule has 1 N–H and O–H groups in total. The topological polar surface area (TPSA) is 49.4 Å². The standard InChI is InChI=1S/C13H16N2O2/c1-12(2)10-6-4-5-7-11(10)15(9-17)13(12,3)14-8-16/h4-9H,1-3H3,(H,14,16). The Morgan fingerprint density at radius 1 is 1.18 bits per heavy atom. The molecule has 4 nitrogen and oxygen atoms in total. The van der Waals surface area contributed by atoms with E-state index in [2.05, 4.69) is 5.32 Å². The van der Waals surface area contributed by atoms with Gasteiger partial charge in [-0.2, -0.15) is 0 Å². The Hall–Kier alpha value is -1.84. The van der Waals surface area contributed by atoms with Crippen molar-refractivity contribution in [3.05, 3.63) is 29.8 Å². The van der Waals surface area contributed by atoms with Crippen LogP contribution in [0.5, 0.6) is 0 Å². The minimum Gasteiger partial charge on any atom is -0.335 e. The lowest BCUT2D eigenvalue weighted by molar-refractivity contribution is -0.113. The highest BCUT2D eigenvalue weighted by Crippen LogP contribution is 2.49. The van der Waals surface area contributed by atoms with Crippen molar-refractivity contribution >= 4 is 18.5 Å². The van der Waals surface area contributed by atoms with Crippen molar-refractivity contribution in [2.75, 3.05) is 4.90 Å². The second kappa shape index (κ2) is 3.58. The Balaban J connectivity index is 2.66. The molecule has 0 aliphatic carbocycles. The molecule has 0 saturated carbocycles. The summed E-state index contributed by atoms with van der Waals surface area (Å²) in [5, 5.41) is 2.77. The van der Waals surface area contributed by atoms with E-state index in [1.54, 1.807) is 4.90 Å². The summed E-state index contributed by atoms with van der Waals surface area (Å²) in [5.74, 6) is 0. The Bertz CT molecular complexity index is 470. The molecule has 1 unspecified atom stereocenters. The summed E-state index contributed by atoms with van der Waals surface area (Å²) in [5.41, 5.74) is 0.833. The number of carbonyl (C=O) groups is 2. The molecule has 1 atom stereocenters. The molecule has 4 heteroatoms. The summed E-state index contributed by atoms with van der Waals surface area (Å²) >= 11 is 0. The monoisotopic (exact) mass is 232 g/mol. The van der Waals surface area contributed by atoms with Crippen LogP contribution in [0.1, 0.15) is 26.3 Å². The van der Waals surface area contributed by atoms with Gasteiger partial charge >= 0.3 is 0 Å². The van der Waals surface area contributed by atoms with E-state index in [1.165, 1.54) is 0 Å². The lowest BCUT2D eigenvalue weighted by atomic mass is 9.76. The highest BCUT2D eigenvalue weighted by molar-refractivity contribution is 5.85. The van der Waals surface area contributed by atoms with Crippen molar-refractivity contribution in [3.8, 4) is 0 Å². The van der Waals surface area contributed by atoms with Crippen molar-refractivity contribution in [1.29, 1.82) is 0 Å².